The summed E-state index contributed by atoms with van der Waals surface area (Å²) in [6.45, 7) is 6.55. The van der Waals surface area contributed by atoms with Crippen LogP contribution in [0, 0.1) is 17.1 Å². The second-order valence-corrected chi connectivity index (χ2v) is 11.3. The van der Waals surface area contributed by atoms with Gasteiger partial charge >= 0.3 is 6.03 Å². The predicted octanol–water partition coefficient (Wildman–Crippen LogP) is 4.31. The topological polar surface area (TPSA) is 141 Å². The molecule has 166 valence electrons. The Morgan fingerprint density at radius 3 is 2.65 bits per heavy atom. The molecule has 3 rings (SSSR count). The number of nitriles is 1. The van der Waals surface area contributed by atoms with Gasteiger partial charge in [-0.1, -0.05) is 13.8 Å². The lowest BCUT2D eigenvalue weighted by molar-refractivity contribution is 0.0783. The number of urea groups is 1. The molecule has 1 saturated carbocycles. The number of hydrogen-bond donors (Lipinski definition) is 3. The first-order valence-corrected chi connectivity index (χ1v) is 12.1. The number of rotatable bonds is 5. The van der Waals surface area contributed by atoms with Gasteiger partial charge in [-0.25, -0.2) is 23.5 Å². The number of halogens is 1. The minimum absolute atomic E-state index is 0.0392. The number of nitrogens with one attached hydrogen (secondary N) is 1. The molecule has 0 bridgehead atoms. The Morgan fingerprint density at radius 2 is 2.16 bits per heavy atom. The first-order valence-electron chi connectivity index (χ1n) is 9.66. The number of aliphatic hydroxyl groups is 1. The fraction of sp³-hybridized carbons (Fsp3) is 0.450. The van der Waals surface area contributed by atoms with E-state index in [1.807, 2.05) is 6.07 Å². The van der Waals surface area contributed by atoms with Crippen molar-refractivity contribution in [3.8, 4) is 6.07 Å². The molecule has 4 N–H and O–H groups in total. The standard InChI is InChI=1S/C20H24FN5O3S2/c1-10(2)15-16(21)12(8-22)7-13(11-5-6-11)17(15)25-19(27)26-31(23,29)14-9-24-18(30-14)20(3,4)28/h7,9-11,28H,5-6H2,1-4H3,(H3,23,25,26,27,29)/t31-/m1/s1. The van der Waals surface area contributed by atoms with E-state index < -0.39 is 27.4 Å². The molecule has 1 aromatic carbocycles. The third-order valence-electron chi connectivity index (χ3n) is 4.79. The summed E-state index contributed by atoms with van der Waals surface area (Å²) in [5.74, 6) is -0.902. The van der Waals surface area contributed by atoms with Crippen LogP contribution in [-0.4, -0.2) is 20.3 Å². The maximum atomic E-state index is 14.9. The molecule has 2 amide bonds. The summed E-state index contributed by atoms with van der Waals surface area (Å²) in [5, 5.41) is 28.0. The maximum absolute atomic E-state index is 14.9. The first-order chi connectivity index (χ1) is 14.3. The van der Waals surface area contributed by atoms with E-state index in [1.54, 1.807) is 13.8 Å². The van der Waals surface area contributed by atoms with Crippen molar-refractivity contribution >= 4 is 33.0 Å². The summed E-state index contributed by atoms with van der Waals surface area (Å²) in [6, 6.07) is 2.33. The number of thiazole rings is 1. The molecular weight excluding hydrogens is 441 g/mol. The second-order valence-electron chi connectivity index (χ2n) is 8.29. The Bertz CT molecular complexity index is 1200. The molecule has 0 radical (unpaired) electrons. The van der Waals surface area contributed by atoms with E-state index in [-0.39, 0.29) is 37.9 Å². The van der Waals surface area contributed by atoms with Crippen LogP contribution < -0.4 is 10.5 Å². The van der Waals surface area contributed by atoms with Gasteiger partial charge in [0.25, 0.3) is 0 Å². The van der Waals surface area contributed by atoms with Crippen molar-refractivity contribution in [2.45, 2.75) is 62.2 Å². The number of hydrogen-bond acceptors (Lipinski definition) is 6. The summed E-state index contributed by atoms with van der Waals surface area (Å²) in [4.78, 5) is 16.6. The van der Waals surface area contributed by atoms with Crippen LogP contribution in [0.4, 0.5) is 14.9 Å². The average molecular weight is 466 g/mol. The van der Waals surface area contributed by atoms with Gasteiger partial charge in [0.05, 0.1) is 17.4 Å². The lowest BCUT2D eigenvalue weighted by Gasteiger charge is -2.19. The van der Waals surface area contributed by atoms with Crippen molar-refractivity contribution in [2.75, 3.05) is 5.32 Å². The highest BCUT2D eigenvalue weighted by Gasteiger charge is 2.32. The molecule has 1 fully saturated rings. The maximum Gasteiger partial charge on any atom is 0.354 e. The number of carbonyl (C=O) groups is 1. The highest BCUT2D eigenvalue weighted by molar-refractivity contribution is 7.93. The number of anilines is 1. The molecule has 0 saturated heterocycles. The molecule has 0 aliphatic heterocycles. The zero-order valence-electron chi connectivity index (χ0n) is 17.6. The summed E-state index contributed by atoms with van der Waals surface area (Å²) >= 11 is 0.897. The van der Waals surface area contributed by atoms with Crippen LogP contribution in [-0.2, 0) is 15.5 Å². The zero-order valence-corrected chi connectivity index (χ0v) is 19.2. The summed E-state index contributed by atoms with van der Waals surface area (Å²) in [5.41, 5.74) is -0.219. The van der Waals surface area contributed by atoms with Crippen LogP contribution in [0.1, 0.15) is 74.1 Å². The smallest absolute Gasteiger partial charge is 0.354 e. The van der Waals surface area contributed by atoms with Crippen molar-refractivity contribution in [1.82, 2.24) is 4.98 Å². The van der Waals surface area contributed by atoms with Crippen LogP contribution in [0.15, 0.2) is 20.8 Å². The average Bonchev–Trinajstić information content (AvgIpc) is 3.33. The van der Waals surface area contributed by atoms with Gasteiger partial charge in [0.1, 0.15) is 26.7 Å². The number of aromatic nitrogens is 1. The third-order valence-corrected chi connectivity index (χ3v) is 7.98. The van der Waals surface area contributed by atoms with Crippen LogP contribution >= 0.6 is 11.3 Å². The number of amides is 2. The zero-order chi connectivity index (χ0) is 23.1. The highest BCUT2D eigenvalue weighted by atomic mass is 32.2. The number of carbonyl (C=O) groups excluding carboxylic acids is 1. The van der Waals surface area contributed by atoms with Crippen molar-refractivity contribution < 1.29 is 18.5 Å². The minimum Gasteiger partial charge on any atom is -0.383 e. The van der Waals surface area contributed by atoms with Gasteiger partial charge in [0.15, 0.2) is 9.92 Å². The fourth-order valence-electron chi connectivity index (χ4n) is 3.16. The van der Waals surface area contributed by atoms with Crippen LogP contribution in [0.25, 0.3) is 0 Å². The summed E-state index contributed by atoms with van der Waals surface area (Å²) in [7, 11) is -3.63. The fourth-order valence-corrected chi connectivity index (χ4v) is 5.22. The van der Waals surface area contributed by atoms with Crippen molar-refractivity contribution in [3.63, 3.8) is 0 Å². The molecule has 1 aromatic heterocycles. The van der Waals surface area contributed by atoms with Gasteiger partial charge in [-0.3, -0.25) is 0 Å². The molecule has 31 heavy (non-hydrogen) atoms. The van der Waals surface area contributed by atoms with Crippen molar-refractivity contribution in [1.29, 1.82) is 5.26 Å². The normalized spacial score (nSPS) is 16.0. The largest absolute Gasteiger partial charge is 0.383 e. The van der Waals surface area contributed by atoms with Crippen LogP contribution in [0.5, 0.6) is 0 Å². The van der Waals surface area contributed by atoms with E-state index in [1.165, 1.54) is 26.1 Å². The molecule has 8 nitrogen and oxygen atoms in total. The Hall–Kier alpha value is -2.39. The molecule has 1 heterocycles. The molecule has 1 atom stereocenters. The molecule has 0 spiro atoms. The van der Waals surface area contributed by atoms with Crippen molar-refractivity contribution in [2.24, 2.45) is 9.50 Å². The van der Waals surface area contributed by atoms with Crippen LogP contribution in [0.2, 0.25) is 0 Å². The molecule has 0 unspecified atom stereocenters. The lowest BCUT2D eigenvalue weighted by Crippen LogP contribution is -2.19. The Labute approximate surface area is 184 Å². The van der Waals surface area contributed by atoms with E-state index >= 15 is 0 Å². The minimum atomic E-state index is -3.63. The summed E-state index contributed by atoms with van der Waals surface area (Å²) in [6.07, 6.45) is 2.94. The summed E-state index contributed by atoms with van der Waals surface area (Å²) < 4.78 is 31.4. The van der Waals surface area contributed by atoms with Gasteiger partial charge in [-0.2, -0.15) is 5.26 Å². The van der Waals surface area contributed by atoms with Gasteiger partial charge in [-0.15, -0.1) is 15.7 Å². The van der Waals surface area contributed by atoms with Crippen molar-refractivity contribution in [3.05, 3.63) is 39.8 Å². The number of nitrogens with zero attached hydrogens (tertiary/aromatic N) is 3. The van der Waals surface area contributed by atoms with E-state index in [9.17, 15) is 23.8 Å². The van der Waals surface area contributed by atoms with E-state index in [0.717, 1.165) is 24.2 Å². The third kappa shape index (κ3) is 4.93. The molecule has 2 aromatic rings. The Morgan fingerprint density at radius 1 is 1.52 bits per heavy atom. The number of nitrogens with two attached hydrogens (primary N) is 1. The molecular formula is C20H24FN5O3S2. The van der Waals surface area contributed by atoms with E-state index in [0.29, 0.717) is 5.56 Å². The van der Waals surface area contributed by atoms with Gasteiger partial charge in [-0.05, 0) is 50.2 Å². The van der Waals surface area contributed by atoms with Gasteiger partial charge in [0.2, 0.25) is 0 Å². The second kappa shape index (κ2) is 8.27. The van der Waals surface area contributed by atoms with Gasteiger partial charge in [0, 0.05) is 5.56 Å². The SMILES string of the molecule is CC(C)c1c(F)c(C#N)cc(C2CC2)c1NC(=O)N=[S@@](N)(=O)c1cnc(C(C)(C)O)s1. The van der Waals surface area contributed by atoms with Gasteiger partial charge < -0.3 is 10.4 Å². The Kier molecular flexibility index (Phi) is 6.21. The molecule has 1 aliphatic carbocycles. The van der Waals surface area contributed by atoms with Crippen LogP contribution in [0.3, 0.4) is 0 Å². The highest BCUT2D eigenvalue weighted by Crippen LogP contribution is 2.47. The molecule has 11 heteroatoms. The monoisotopic (exact) mass is 465 g/mol. The van der Waals surface area contributed by atoms with E-state index in [4.69, 9.17) is 5.14 Å². The van der Waals surface area contributed by atoms with E-state index in [2.05, 4.69) is 14.7 Å². The molecule has 1 aliphatic rings. The lowest BCUT2D eigenvalue weighted by atomic mass is 9.92. The first kappa shape index (κ1) is 23.3. The number of benzene rings is 1. The quantitative estimate of drug-likeness (QED) is 0.603. The Balaban J connectivity index is 2.02. The predicted molar refractivity (Wildman–Crippen MR) is 117 cm³/mol.